The van der Waals surface area contributed by atoms with Gasteiger partial charge in [0.15, 0.2) is 0 Å². The Hall–Kier alpha value is -1.97. The second-order valence-corrected chi connectivity index (χ2v) is 5.80. The van der Waals surface area contributed by atoms with E-state index in [2.05, 4.69) is 16.7 Å². The number of carbonyl (C=O) groups excluding carboxylic acids is 1. The summed E-state index contributed by atoms with van der Waals surface area (Å²) >= 11 is 0. The first-order chi connectivity index (χ1) is 10.1. The molecule has 4 nitrogen and oxygen atoms in total. The fourth-order valence-electron chi connectivity index (χ4n) is 2.62. The standard InChI is InChI=1S/C17H25N3O/c1-20(2)16-10-6-9-15(13-16)19-17(21)18-12-11-14-7-4-3-5-8-14/h6,9-14H,3-5,7-8H2,1-2H3,(H2,18,19,21)/b12-11+. The van der Waals surface area contributed by atoms with Crippen LogP contribution in [0, 0.1) is 5.92 Å². The summed E-state index contributed by atoms with van der Waals surface area (Å²) < 4.78 is 0. The highest BCUT2D eigenvalue weighted by Gasteiger charge is 2.09. The first kappa shape index (κ1) is 15.4. The van der Waals surface area contributed by atoms with Crippen molar-refractivity contribution in [1.82, 2.24) is 5.32 Å². The molecule has 1 fully saturated rings. The maximum Gasteiger partial charge on any atom is 0.323 e. The molecule has 0 heterocycles. The van der Waals surface area contributed by atoms with Crippen LogP contribution in [0.2, 0.25) is 0 Å². The minimum atomic E-state index is -0.196. The number of amides is 2. The van der Waals surface area contributed by atoms with Crippen LogP contribution < -0.4 is 15.5 Å². The first-order valence-electron chi connectivity index (χ1n) is 7.67. The van der Waals surface area contributed by atoms with Gasteiger partial charge in [0, 0.05) is 31.7 Å². The van der Waals surface area contributed by atoms with Crippen LogP contribution in [-0.2, 0) is 0 Å². The summed E-state index contributed by atoms with van der Waals surface area (Å²) in [5.74, 6) is 0.621. The predicted octanol–water partition coefficient (Wildman–Crippen LogP) is 3.97. The Bertz CT molecular complexity index is 491. The van der Waals surface area contributed by atoms with Gasteiger partial charge in [-0.05, 0) is 37.0 Å². The van der Waals surface area contributed by atoms with Crippen LogP contribution in [0.15, 0.2) is 36.5 Å². The van der Waals surface area contributed by atoms with Gasteiger partial charge in [0.25, 0.3) is 0 Å². The lowest BCUT2D eigenvalue weighted by Crippen LogP contribution is -2.24. The van der Waals surface area contributed by atoms with Crippen LogP contribution in [0.1, 0.15) is 32.1 Å². The number of carbonyl (C=O) groups is 1. The third-order valence-corrected chi connectivity index (χ3v) is 3.85. The van der Waals surface area contributed by atoms with Gasteiger partial charge in [-0.3, -0.25) is 0 Å². The third kappa shape index (κ3) is 5.14. The minimum Gasteiger partial charge on any atom is -0.378 e. The molecule has 4 heteroatoms. The van der Waals surface area contributed by atoms with E-state index < -0.39 is 0 Å². The molecule has 0 saturated heterocycles. The van der Waals surface area contributed by atoms with Crippen molar-refractivity contribution in [3.63, 3.8) is 0 Å². The normalized spacial score (nSPS) is 15.9. The molecule has 114 valence electrons. The van der Waals surface area contributed by atoms with Crippen molar-refractivity contribution in [2.24, 2.45) is 5.92 Å². The lowest BCUT2D eigenvalue weighted by atomic mass is 9.89. The second-order valence-electron chi connectivity index (χ2n) is 5.80. The van der Waals surface area contributed by atoms with Crippen molar-refractivity contribution in [2.75, 3.05) is 24.3 Å². The summed E-state index contributed by atoms with van der Waals surface area (Å²) in [6, 6.07) is 7.58. The van der Waals surface area contributed by atoms with Gasteiger partial charge >= 0.3 is 6.03 Å². The van der Waals surface area contributed by atoms with Crippen LogP contribution >= 0.6 is 0 Å². The van der Waals surface area contributed by atoms with E-state index in [1.54, 1.807) is 6.20 Å². The van der Waals surface area contributed by atoms with Gasteiger partial charge in [-0.1, -0.05) is 31.4 Å². The Morgan fingerprint density at radius 1 is 1.24 bits per heavy atom. The van der Waals surface area contributed by atoms with Crippen LogP contribution in [-0.4, -0.2) is 20.1 Å². The number of rotatable bonds is 4. The van der Waals surface area contributed by atoms with E-state index in [-0.39, 0.29) is 6.03 Å². The largest absolute Gasteiger partial charge is 0.378 e. The van der Waals surface area contributed by atoms with E-state index in [1.807, 2.05) is 43.3 Å². The molecular formula is C17H25N3O. The van der Waals surface area contributed by atoms with Gasteiger partial charge in [-0.2, -0.15) is 0 Å². The number of benzene rings is 1. The fraction of sp³-hybridized carbons (Fsp3) is 0.471. The van der Waals surface area contributed by atoms with Gasteiger partial charge in [-0.15, -0.1) is 0 Å². The average molecular weight is 287 g/mol. The topological polar surface area (TPSA) is 44.4 Å². The molecule has 0 aromatic heterocycles. The molecule has 2 N–H and O–H groups in total. The summed E-state index contributed by atoms with van der Waals surface area (Å²) in [6.07, 6.45) is 10.3. The molecule has 0 spiro atoms. The SMILES string of the molecule is CN(C)c1cccc(NC(=O)N/C=C/C2CCCCC2)c1. The monoisotopic (exact) mass is 287 g/mol. The van der Waals surface area contributed by atoms with Crippen molar-refractivity contribution in [3.05, 3.63) is 36.5 Å². The maximum atomic E-state index is 11.8. The molecule has 0 unspecified atom stereocenters. The number of nitrogens with zero attached hydrogens (tertiary/aromatic N) is 1. The Morgan fingerprint density at radius 3 is 2.71 bits per heavy atom. The first-order valence-corrected chi connectivity index (χ1v) is 7.67. The smallest absolute Gasteiger partial charge is 0.323 e. The van der Waals surface area contributed by atoms with E-state index >= 15 is 0 Å². The molecule has 21 heavy (non-hydrogen) atoms. The van der Waals surface area contributed by atoms with Crippen LogP contribution in [0.25, 0.3) is 0 Å². The minimum absolute atomic E-state index is 0.196. The lowest BCUT2D eigenvalue weighted by Gasteiger charge is -2.17. The molecule has 0 atom stereocenters. The molecule has 1 aliphatic carbocycles. The Kier molecular flexibility index (Phi) is 5.67. The Balaban J connectivity index is 1.81. The van der Waals surface area contributed by atoms with Gasteiger partial charge in [0.2, 0.25) is 0 Å². The summed E-state index contributed by atoms with van der Waals surface area (Å²) in [6.45, 7) is 0. The molecule has 0 bridgehead atoms. The number of allylic oxidation sites excluding steroid dienone is 1. The van der Waals surface area contributed by atoms with E-state index in [4.69, 9.17) is 0 Å². The zero-order valence-corrected chi connectivity index (χ0v) is 12.9. The number of urea groups is 1. The summed E-state index contributed by atoms with van der Waals surface area (Å²) in [5, 5.41) is 5.63. The van der Waals surface area contributed by atoms with Crippen LogP contribution in [0.5, 0.6) is 0 Å². The highest BCUT2D eigenvalue weighted by atomic mass is 16.2. The molecule has 2 rings (SSSR count). The van der Waals surface area contributed by atoms with E-state index in [0.29, 0.717) is 5.92 Å². The van der Waals surface area contributed by atoms with Crippen molar-refractivity contribution < 1.29 is 4.79 Å². The van der Waals surface area contributed by atoms with Crippen LogP contribution in [0.4, 0.5) is 16.2 Å². The average Bonchev–Trinajstić information content (AvgIpc) is 2.48. The molecule has 2 amide bonds. The van der Waals surface area contributed by atoms with Crippen LogP contribution in [0.3, 0.4) is 0 Å². The highest BCUT2D eigenvalue weighted by molar-refractivity contribution is 5.90. The van der Waals surface area contributed by atoms with E-state index in [9.17, 15) is 4.79 Å². The lowest BCUT2D eigenvalue weighted by molar-refractivity contribution is 0.255. The number of hydrogen-bond donors (Lipinski definition) is 2. The van der Waals surface area contributed by atoms with Gasteiger partial charge in [-0.25, -0.2) is 4.79 Å². The van der Waals surface area contributed by atoms with Gasteiger partial charge < -0.3 is 15.5 Å². The molecule has 1 aromatic rings. The number of nitrogens with one attached hydrogen (secondary N) is 2. The van der Waals surface area contributed by atoms with Crippen molar-refractivity contribution in [3.8, 4) is 0 Å². The summed E-state index contributed by atoms with van der Waals surface area (Å²) in [7, 11) is 3.96. The maximum absolute atomic E-state index is 11.8. The molecule has 0 aliphatic heterocycles. The van der Waals surface area contributed by atoms with Crippen molar-refractivity contribution >= 4 is 17.4 Å². The quantitative estimate of drug-likeness (QED) is 0.880. The van der Waals surface area contributed by atoms with E-state index in [0.717, 1.165) is 11.4 Å². The van der Waals surface area contributed by atoms with E-state index in [1.165, 1.54) is 32.1 Å². The number of hydrogen-bond acceptors (Lipinski definition) is 2. The Labute approximate surface area is 127 Å². The molecule has 1 saturated carbocycles. The Morgan fingerprint density at radius 2 is 2.00 bits per heavy atom. The fourth-order valence-corrected chi connectivity index (χ4v) is 2.62. The summed E-state index contributed by atoms with van der Waals surface area (Å²) in [4.78, 5) is 13.9. The summed E-state index contributed by atoms with van der Waals surface area (Å²) in [5.41, 5.74) is 1.86. The zero-order chi connectivity index (χ0) is 15.1. The van der Waals surface area contributed by atoms with Crippen molar-refractivity contribution in [2.45, 2.75) is 32.1 Å². The second kappa shape index (κ2) is 7.72. The molecule has 1 aliphatic rings. The predicted molar refractivity (Wildman–Crippen MR) is 88.6 cm³/mol. The molecular weight excluding hydrogens is 262 g/mol. The van der Waals surface area contributed by atoms with Gasteiger partial charge in [0.05, 0.1) is 0 Å². The third-order valence-electron chi connectivity index (χ3n) is 3.85. The number of anilines is 2. The highest BCUT2D eigenvalue weighted by Crippen LogP contribution is 2.24. The van der Waals surface area contributed by atoms with Gasteiger partial charge in [0.1, 0.15) is 0 Å². The van der Waals surface area contributed by atoms with Crippen molar-refractivity contribution in [1.29, 1.82) is 0 Å². The molecule has 1 aromatic carbocycles. The molecule has 0 radical (unpaired) electrons. The zero-order valence-electron chi connectivity index (χ0n) is 12.9.